The minimum Gasteiger partial charge on any atom is -0.496 e. The lowest BCUT2D eigenvalue weighted by Crippen LogP contribution is -2.18. The van der Waals surface area contributed by atoms with Crippen LogP contribution in [0.4, 0.5) is 0 Å². The van der Waals surface area contributed by atoms with E-state index >= 15 is 0 Å². The highest BCUT2D eigenvalue weighted by molar-refractivity contribution is 9.09. The number of hydrogen-bond acceptors (Lipinski definition) is 2. The van der Waals surface area contributed by atoms with Crippen LogP contribution >= 0.6 is 15.9 Å². The number of hydrogen-bond donors (Lipinski definition) is 0. The topological polar surface area (TPSA) is 26.3 Å². The molecule has 0 saturated heterocycles. The lowest BCUT2D eigenvalue weighted by Gasteiger charge is -2.23. The molecule has 17 heavy (non-hydrogen) atoms. The fourth-order valence-electron chi connectivity index (χ4n) is 1.82. The number of rotatable bonds is 4. The summed E-state index contributed by atoms with van der Waals surface area (Å²) in [6.07, 6.45) is 0.490. The molecule has 0 unspecified atom stereocenters. The Labute approximate surface area is 111 Å². The fraction of sp³-hybridized carbons (Fsp3) is 0.500. The van der Waals surface area contributed by atoms with E-state index in [1.165, 1.54) is 0 Å². The van der Waals surface area contributed by atoms with Gasteiger partial charge in [-0.05, 0) is 17.0 Å². The van der Waals surface area contributed by atoms with E-state index in [1.807, 2.05) is 18.2 Å². The zero-order chi connectivity index (χ0) is 13.1. The lowest BCUT2D eigenvalue weighted by molar-refractivity contribution is 0.0984. The first-order chi connectivity index (χ1) is 7.91. The average Bonchev–Trinajstić information content (AvgIpc) is 2.27. The highest BCUT2D eigenvalue weighted by Gasteiger charge is 2.24. The zero-order valence-electron chi connectivity index (χ0n) is 10.8. The van der Waals surface area contributed by atoms with Gasteiger partial charge in [0.15, 0.2) is 5.78 Å². The smallest absolute Gasteiger partial charge is 0.167 e. The molecule has 1 aromatic carbocycles. The molecule has 2 nitrogen and oxygen atoms in total. The highest BCUT2D eigenvalue weighted by Crippen LogP contribution is 2.32. The van der Waals surface area contributed by atoms with Crippen LogP contribution in [0.5, 0.6) is 5.75 Å². The molecule has 0 radical (unpaired) electrons. The predicted molar refractivity (Wildman–Crippen MR) is 74.4 cm³/mol. The molecule has 0 spiro atoms. The summed E-state index contributed by atoms with van der Waals surface area (Å²) in [5, 5.41) is 0.674. The van der Waals surface area contributed by atoms with E-state index in [2.05, 4.69) is 36.7 Å². The van der Waals surface area contributed by atoms with E-state index in [-0.39, 0.29) is 11.2 Å². The monoisotopic (exact) mass is 298 g/mol. The predicted octanol–water partition coefficient (Wildman–Crippen LogP) is 3.96. The largest absolute Gasteiger partial charge is 0.496 e. The van der Waals surface area contributed by atoms with Crippen molar-refractivity contribution in [3.8, 4) is 5.75 Å². The van der Waals surface area contributed by atoms with Gasteiger partial charge in [-0.25, -0.2) is 0 Å². The summed E-state index contributed by atoms with van der Waals surface area (Å²) in [5.41, 5.74) is 1.70. The van der Waals surface area contributed by atoms with Gasteiger partial charge in [-0.2, -0.15) is 0 Å². The van der Waals surface area contributed by atoms with E-state index in [0.29, 0.717) is 17.5 Å². The van der Waals surface area contributed by atoms with Crippen molar-refractivity contribution in [2.75, 3.05) is 12.4 Å². The summed E-state index contributed by atoms with van der Waals surface area (Å²) in [5.74, 6) is 0.799. The molecule has 0 aromatic heterocycles. The normalized spacial score (nSPS) is 11.4. The van der Waals surface area contributed by atoms with Gasteiger partial charge in [0, 0.05) is 11.8 Å². The van der Waals surface area contributed by atoms with Crippen molar-refractivity contribution in [3.05, 3.63) is 29.3 Å². The van der Waals surface area contributed by atoms with Crippen molar-refractivity contribution in [3.63, 3.8) is 0 Å². The summed E-state index contributed by atoms with van der Waals surface area (Å²) in [6.45, 7) is 6.31. The highest BCUT2D eigenvalue weighted by atomic mass is 79.9. The van der Waals surface area contributed by atoms with Gasteiger partial charge < -0.3 is 4.74 Å². The van der Waals surface area contributed by atoms with Gasteiger partial charge in [0.1, 0.15) is 5.75 Å². The Bertz CT molecular complexity index is 405. The number of carbonyl (C=O) groups is 1. The number of benzene rings is 1. The minimum absolute atomic E-state index is 0.0636. The van der Waals surface area contributed by atoms with Crippen LogP contribution in [0.25, 0.3) is 0 Å². The molecule has 0 saturated carbocycles. The fourth-order valence-corrected chi connectivity index (χ4v) is 2.18. The van der Waals surface area contributed by atoms with Gasteiger partial charge >= 0.3 is 0 Å². The maximum Gasteiger partial charge on any atom is 0.167 e. The van der Waals surface area contributed by atoms with Crippen LogP contribution in [0.15, 0.2) is 18.2 Å². The third-order valence-corrected chi connectivity index (χ3v) is 3.05. The number of methoxy groups -OCH3 is 1. The van der Waals surface area contributed by atoms with Crippen molar-refractivity contribution >= 4 is 21.7 Å². The Balaban J connectivity index is 3.36. The number of Topliss-reactive ketones (excluding diaryl/α,β-unsaturated/α-hetero) is 1. The number of ketones is 1. The van der Waals surface area contributed by atoms with Gasteiger partial charge in [0.05, 0.1) is 12.7 Å². The van der Waals surface area contributed by atoms with Gasteiger partial charge in [-0.3, -0.25) is 4.79 Å². The molecular formula is C14H19BrO2. The Morgan fingerprint density at radius 1 is 1.35 bits per heavy atom. The van der Waals surface area contributed by atoms with E-state index in [4.69, 9.17) is 4.74 Å². The molecule has 0 aliphatic heterocycles. The zero-order valence-corrected chi connectivity index (χ0v) is 12.4. The average molecular weight is 299 g/mol. The van der Waals surface area contributed by atoms with Crippen molar-refractivity contribution < 1.29 is 9.53 Å². The molecule has 0 atom stereocenters. The molecule has 3 heteroatoms. The van der Waals surface area contributed by atoms with E-state index in [0.717, 1.165) is 11.1 Å². The summed E-state index contributed by atoms with van der Waals surface area (Å²) in [6, 6.07) is 5.78. The van der Waals surface area contributed by atoms with Crippen molar-refractivity contribution in [1.82, 2.24) is 0 Å². The van der Waals surface area contributed by atoms with Crippen molar-refractivity contribution in [2.45, 2.75) is 32.6 Å². The molecule has 0 fully saturated rings. The Kier molecular flexibility index (Phi) is 4.75. The standard InChI is InChI=1S/C14H19BrO2/c1-14(2,3)10-6-5-7-12(17-4)13(10)11(16)8-9-15/h5-7H,8-9H2,1-4H3. The Hall–Kier alpha value is -0.830. The molecule has 0 aliphatic rings. The molecule has 0 N–H and O–H groups in total. The number of alkyl halides is 1. The summed E-state index contributed by atoms with van der Waals surface area (Å²) >= 11 is 3.31. The van der Waals surface area contributed by atoms with E-state index < -0.39 is 0 Å². The Morgan fingerprint density at radius 2 is 2.00 bits per heavy atom. The van der Waals surface area contributed by atoms with Gasteiger partial charge in [-0.1, -0.05) is 48.8 Å². The summed E-state index contributed by atoms with van der Waals surface area (Å²) in [7, 11) is 1.60. The quantitative estimate of drug-likeness (QED) is 0.621. The molecule has 1 aromatic rings. The summed E-state index contributed by atoms with van der Waals surface area (Å²) in [4.78, 5) is 12.2. The molecule has 0 aliphatic carbocycles. The molecule has 0 heterocycles. The van der Waals surface area contributed by atoms with Gasteiger partial charge in [-0.15, -0.1) is 0 Å². The van der Waals surface area contributed by atoms with Gasteiger partial charge in [0.25, 0.3) is 0 Å². The van der Waals surface area contributed by atoms with Crippen molar-refractivity contribution in [2.24, 2.45) is 0 Å². The van der Waals surface area contributed by atoms with E-state index in [9.17, 15) is 4.79 Å². The second kappa shape index (κ2) is 5.67. The molecule has 0 amide bonds. The number of carbonyl (C=O) groups excluding carboxylic acids is 1. The van der Waals surface area contributed by atoms with Crippen molar-refractivity contribution in [1.29, 1.82) is 0 Å². The number of ether oxygens (including phenoxy) is 1. The first-order valence-electron chi connectivity index (χ1n) is 5.68. The molecule has 1 rings (SSSR count). The molecule has 0 bridgehead atoms. The van der Waals surface area contributed by atoms with E-state index in [1.54, 1.807) is 7.11 Å². The van der Waals surface area contributed by atoms with Gasteiger partial charge in [0.2, 0.25) is 0 Å². The third-order valence-electron chi connectivity index (χ3n) is 2.65. The lowest BCUT2D eigenvalue weighted by atomic mass is 9.82. The van der Waals surface area contributed by atoms with Crippen LogP contribution in [0.3, 0.4) is 0 Å². The van der Waals surface area contributed by atoms with Crippen LogP contribution in [0.2, 0.25) is 0 Å². The minimum atomic E-state index is -0.0636. The molecular weight excluding hydrogens is 280 g/mol. The van der Waals surface area contributed by atoms with Crippen LogP contribution in [0.1, 0.15) is 43.1 Å². The maximum absolute atomic E-state index is 12.2. The summed E-state index contributed by atoms with van der Waals surface area (Å²) < 4.78 is 5.31. The van der Waals surface area contributed by atoms with Crippen LogP contribution in [-0.4, -0.2) is 18.2 Å². The molecule has 94 valence electrons. The first kappa shape index (κ1) is 14.2. The second-order valence-electron chi connectivity index (χ2n) is 4.99. The van der Waals surface area contributed by atoms with Crippen LogP contribution < -0.4 is 4.74 Å². The van der Waals surface area contributed by atoms with Crippen LogP contribution in [-0.2, 0) is 5.41 Å². The second-order valence-corrected chi connectivity index (χ2v) is 5.79. The SMILES string of the molecule is COc1cccc(C(C)(C)C)c1C(=O)CCBr. The Morgan fingerprint density at radius 3 is 2.47 bits per heavy atom. The first-order valence-corrected chi connectivity index (χ1v) is 6.80. The van der Waals surface area contributed by atoms with Crippen LogP contribution in [0, 0.1) is 0 Å². The number of halogens is 1. The third kappa shape index (κ3) is 3.32. The maximum atomic E-state index is 12.2.